The first-order valence-corrected chi connectivity index (χ1v) is 10.6. The van der Waals surface area contributed by atoms with E-state index >= 15 is 0 Å². The van der Waals surface area contributed by atoms with Crippen LogP contribution in [0.25, 0.3) is 0 Å². The van der Waals surface area contributed by atoms with E-state index < -0.39 is 0 Å². The number of rotatable bonds is 6. The molecule has 3 heteroatoms. The Morgan fingerprint density at radius 2 is 0.600 bits per heavy atom. The molecule has 98 valence electrons. The summed E-state index contributed by atoms with van der Waals surface area (Å²) in [6.07, 6.45) is 8.74. The van der Waals surface area contributed by atoms with E-state index in [9.17, 15) is 0 Å². The van der Waals surface area contributed by atoms with Crippen molar-refractivity contribution in [3.8, 4) is 0 Å². The minimum absolute atomic E-state index is 0. The summed E-state index contributed by atoms with van der Waals surface area (Å²) in [5, 5.41) is 0. The first-order valence-electron chi connectivity index (χ1n) is 6.36. The molecule has 0 aromatic heterocycles. The summed E-state index contributed by atoms with van der Waals surface area (Å²) in [6, 6.07) is 0. The zero-order valence-electron chi connectivity index (χ0n) is 11.6. The molecule has 0 saturated carbocycles. The molecule has 0 bridgehead atoms. The van der Waals surface area contributed by atoms with Gasteiger partial charge in [0, 0.05) is 21.1 Å². The molecule has 0 N–H and O–H groups in total. The van der Waals surface area contributed by atoms with Gasteiger partial charge in [0.15, 0.2) is 0 Å². The minimum Gasteiger partial charge on any atom is -0.0313 e. The molecule has 0 aliphatic rings. The third kappa shape index (κ3) is 15.5. The van der Waals surface area contributed by atoms with Gasteiger partial charge >= 0.3 is 0 Å². The van der Waals surface area contributed by atoms with Crippen molar-refractivity contribution >= 4 is 15.8 Å². The summed E-state index contributed by atoms with van der Waals surface area (Å²) in [7, 11) is 0.275. The maximum absolute atomic E-state index is 2.31. The Bertz CT molecular complexity index is 68.6. The molecule has 0 saturated heterocycles. The second kappa shape index (κ2) is 17.9. The first-order chi connectivity index (χ1) is 6.69. The van der Waals surface area contributed by atoms with Crippen molar-refractivity contribution in [1.82, 2.24) is 0 Å². The van der Waals surface area contributed by atoms with E-state index in [2.05, 4.69) is 41.5 Å². The molecule has 0 radical (unpaired) electrons. The maximum Gasteiger partial charge on any atom is 0.0543 e. The Balaban J connectivity index is -0.000000180. The molecule has 0 spiro atoms. The van der Waals surface area contributed by atoms with Crippen molar-refractivity contribution in [3.05, 3.63) is 0 Å². The van der Waals surface area contributed by atoms with Crippen LogP contribution in [0.5, 0.6) is 0 Å². The summed E-state index contributed by atoms with van der Waals surface area (Å²) in [5.74, 6) is 0. The van der Waals surface area contributed by atoms with Crippen LogP contribution in [0.4, 0.5) is 0 Å². The van der Waals surface area contributed by atoms with E-state index in [0.29, 0.717) is 0 Å². The summed E-state index contributed by atoms with van der Waals surface area (Å²) < 4.78 is 0. The smallest absolute Gasteiger partial charge is 0.0313 e. The van der Waals surface area contributed by atoms with Gasteiger partial charge < -0.3 is 0 Å². The zero-order chi connectivity index (χ0) is 11.4. The third-order valence-electron chi connectivity index (χ3n) is 3.00. The largest absolute Gasteiger partial charge is 0.0543 e. The van der Waals surface area contributed by atoms with Crippen LogP contribution in [0.1, 0.15) is 41.5 Å². The van der Waals surface area contributed by atoms with Gasteiger partial charge in [-0.1, -0.05) is 0 Å². The Labute approximate surface area is 115 Å². The molecular formula is C12H32P2Pt+2. The van der Waals surface area contributed by atoms with Crippen molar-refractivity contribution < 1.29 is 21.1 Å². The summed E-state index contributed by atoms with van der Waals surface area (Å²) in [6.45, 7) is 13.8. The van der Waals surface area contributed by atoms with Gasteiger partial charge in [0.2, 0.25) is 0 Å². The molecule has 0 heterocycles. The Morgan fingerprint density at radius 3 is 0.600 bits per heavy atom. The van der Waals surface area contributed by atoms with E-state index in [1.165, 1.54) is 37.0 Å². The summed E-state index contributed by atoms with van der Waals surface area (Å²) in [5.41, 5.74) is 0. The van der Waals surface area contributed by atoms with E-state index in [4.69, 9.17) is 0 Å². The van der Waals surface area contributed by atoms with Gasteiger partial charge in [-0.05, 0) is 57.4 Å². The topological polar surface area (TPSA) is 0 Å². The van der Waals surface area contributed by atoms with Gasteiger partial charge in [-0.2, -0.15) is 0 Å². The van der Waals surface area contributed by atoms with Crippen LogP contribution in [0, 0.1) is 0 Å². The zero-order valence-corrected chi connectivity index (χ0v) is 15.8. The van der Waals surface area contributed by atoms with Crippen LogP contribution in [0.3, 0.4) is 0 Å². The average Bonchev–Trinajstić information content (AvgIpc) is 2.24. The van der Waals surface area contributed by atoms with Crippen LogP contribution in [0.15, 0.2) is 0 Å². The Morgan fingerprint density at radius 1 is 0.467 bits per heavy atom. The van der Waals surface area contributed by atoms with Crippen molar-refractivity contribution in [1.29, 1.82) is 0 Å². The van der Waals surface area contributed by atoms with Crippen LogP contribution >= 0.6 is 15.8 Å². The second-order valence-corrected chi connectivity index (χ2v) is 10.9. The standard InChI is InChI=1S/2C6H15P.Pt/c2*1-4-7(5-2)6-3;/h2*4-6H2,1-3H3;/p+2. The Hall–Kier alpha value is 1.55. The van der Waals surface area contributed by atoms with Crippen LogP contribution in [-0.4, -0.2) is 37.0 Å². The number of hydrogen-bond donors (Lipinski definition) is 0. The molecule has 0 amide bonds. The van der Waals surface area contributed by atoms with Crippen molar-refractivity contribution in [2.24, 2.45) is 0 Å². The first kappa shape index (κ1) is 21.8. The van der Waals surface area contributed by atoms with E-state index in [1.807, 2.05) is 0 Å². The molecule has 0 aromatic rings. The normalized spacial score (nSPS) is 9.60. The summed E-state index contributed by atoms with van der Waals surface area (Å²) >= 11 is 0. The molecule has 0 nitrogen and oxygen atoms in total. The SMILES string of the molecule is CC[PH+](CC)CC.CC[PH+](CC)CC.[Pt]. The third-order valence-corrected chi connectivity index (χ3v) is 9.00. The quantitative estimate of drug-likeness (QED) is 0.541. The molecular weight excluding hydrogens is 401 g/mol. The second-order valence-electron chi connectivity index (χ2n) is 3.62. The molecule has 0 aliphatic carbocycles. The van der Waals surface area contributed by atoms with Gasteiger partial charge in [0.05, 0.1) is 37.0 Å². The van der Waals surface area contributed by atoms with Crippen LogP contribution in [-0.2, 0) is 21.1 Å². The van der Waals surface area contributed by atoms with E-state index in [-0.39, 0.29) is 36.9 Å². The van der Waals surface area contributed by atoms with Gasteiger partial charge in [-0.15, -0.1) is 0 Å². The average molecular weight is 433 g/mol. The predicted molar refractivity (Wildman–Crippen MR) is 79.9 cm³/mol. The molecule has 0 aliphatic heterocycles. The van der Waals surface area contributed by atoms with E-state index in [0.717, 1.165) is 0 Å². The maximum atomic E-state index is 2.31. The molecule has 0 rings (SSSR count). The molecule has 0 fully saturated rings. The monoisotopic (exact) mass is 433 g/mol. The minimum atomic E-state index is 0. The van der Waals surface area contributed by atoms with Gasteiger partial charge in [0.1, 0.15) is 0 Å². The molecule has 0 atom stereocenters. The molecule has 0 aromatic carbocycles. The fraction of sp³-hybridized carbons (Fsp3) is 1.00. The van der Waals surface area contributed by atoms with E-state index in [1.54, 1.807) is 0 Å². The summed E-state index contributed by atoms with van der Waals surface area (Å²) in [4.78, 5) is 0. The van der Waals surface area contributed by atoms with Gasteiger partial charge in [0.25, 0.3) is 0 Å². The van der Waals surface area contributed by atoms with Crippen molar-refractivity contribution in [2.75, 3.05) is 37.0 Å². The Kier molecular flexibility index (Phi) is 26.0. The fourth-order valence-electron chi connectivity index (χ4n) is 1.50. The predicted octanol–water partition coefficient (Wildman–Crippen LogP) is 4.52. The van der Waals surface area contributed by atoms with Gasteiger partial charge in [-0.25, -0.2) is 0 Å². The molecule has 0 unspecified atom stereocenters. The van der Waals surface area contributed by atoms with Crippen LogP contribution in [0.2, 0.25) is 0 Å². The van der Waals surface area contributed by atoms with Gasteiger partial charge in [-0.3, -0.25) is 0 Å². The van der Waals surface area contributed by atoms with Crippen LogP contribution < -0.4 is 0 Å². The van der Waals surface area contributed by atoms with Crippen molar-refractivity contribution in [3.63, 3.8) is 0 Å². The fourth-order valence-corrected chi connectivity index (χ4v) is 4.50. The number of hydrogen-bond acceptors (Lipinski definition) is 0. The molecule has 15 heavy (non-hydrogen) atoms. The van der Waals surface area contributed by atoms with Crippen molar-refractivity contribution in [2.45, 2.75) is 41.5 Å².